The summed E-state index contributed by atoms with van der Waals surface area (Å²) in [5, 5.41) is 9.13. The van der Waals surface area contributed by atoms with Crippen molar-refractivity contribution in [3.63, 3.8) is 0 Å². The van der Waals surface area contributed by atoms with Crippen molar-refractivity contribution in [1.82, 2.24) is 4.31 Å². The van der Waals surface area contributed by atoms with E-state index in [9.17, 15) is 8.42 Å². The molecule has 1 aliphatic heterocycles. The molecule has 17 heavy (non-hydrogen) atoms. The third-order valence-corrected chi connectivity index (χ3v) is 5.75. The normalized spacial score (nSPS) is 23.2. The van der Waals surface area contributed by atoms with Gasteiger partial charge in [-0.25, -0.2) is 12.7 Å². The van der Waals surface area contributed by atoms with E-state index in [0.29, 0.717) is 13.1 Å². The zero-order chi connectivity index (χ0) is 12.9. The van der Waals surface area contributed by atoms with Crippen molar-refractivity contribution >= 4 is 10.0 Å². The highest BCUT2D eigenvalue weighted by molar-refractivity contribution is 7.89. The summed E-state index contributed by atoms with van der Waals surface area (Å²) in [6, 6.07) is 0. The molecule has 0 aliphatic carbocycles. The first kappa shape index (κ1) is 14.9. The molecule has 0 amide bonds. The standard InChI is InChI=1S/C12H25NO3S/c1-3-11(4-2)10-17(15,16)13-7-5-6-12(8-13)9-14/h11-12,14H,3-10H2,1-2H3. The van der Waals surface area contributed by atoms with Crippen LogP contribution in [-0.4, -0.2) is 43.3 Å². The molecule has 1 rings (SSSR count). The molecule has 4 nitrogen and oxygen atoms in total. The van der Waals surface area contributed by atoms with Gasteiger partial charge < -0.3 is 5.11 Å². The quantitative estimate of drug-likeness (QED) is 0.789. The van der Waals surface area contributed by atoms with E-state index in [4.69, 9.17) is 5.11 Å². The van der Waals surface area contributed by atoms with E-state index in [2.05, 4.69) is 0 Å². The van der Waals surface area contributed by atoms with Crippen molar-refractivity contribution in [2.45, 2.75) is 39.5 Å². The van der Waals surface area contributed by atoms with Gasteiger partial charge in [0.05, 0.1) is 5.75 Å². The highest BCUT2D eigenvalue weighted by atomic mass is 32.2. The Morgan fingerprint density at radius 2 is 2.00 bits per heavy atom. The number of aliphatic hydroxyl groups is 1. The molecular weight excluding hydrogens is 238 g/mol. The molecular formula is C12H25NO3S. The largest absolute Gasteiger partial charge is 0.396 e. The molecule has 1 unspecified atom stereocenters. The molecule has 5 heteroatoms. The van der Waals surface area contributed by atoms with Gasteiger partial charge in [0.15, 0.2) is 0 Å². The topological polar surface area (TPSA) is 57.6 Å². The molecule has 0 saturated carbocycles. The van der Waals surface area contributed by atoms with Crippen LogP contribution < -0.4 is 0 Å². The average Bonchev–Trinajstić information content (AvgIpc) is 2.36. The lowest BCUT2D eigenvalue weighted by Gasteiger charge is -2.31. The van der Waals surface area contributed by atoms with Crippen LogP contribution in [0.1, 0.15) is 39.5 Å². The van der Waals surface area contributed by atoms with Gasteiger partial charge in [-0.3, -0.25) is 0 Å². The lowest BCUT2D eigenvalue weighted by molar-refractivity contribution is 0.165. The summed E-state index contributed by atoms with van der Waals surface area (Å²) in [4.78, 5) is 0. The summed E-state index contributed by atoms with van der Waals surface area (Å²) in [6.07, 6.45) is 3.63. The second-order valence-corrected chi connectivity index (χ2v) is 7.02. The molecule has 1 saturated heterocycles. The van der Waals surface area contributed by atoms with Crippen LogP contribution in [0.2, 0.25) is 0 Å². The van der Waals surface area contributed by atoms with Crippen molar-refractivity contribution in [2.24, 2.45) is 11.8 Å². The fraction of sp³-hybridized carbons (Fsp3) is 1.00. The number of rotatable bonds is 6. The number of sulfonamides is 1. The number of hydrogen-bond donors (Lipinski definition) is 1. The molecule has 0 bridgehead atoms. The monoisotopic (exact) mass is 263 g/mol. The third-order valence-electron chi connectivity index (χ3n) is 3.73. The fourth-order valence-electron chi connectivity index (χ4n) is 2.36. The van der Waals surface area contributed by atoms with Crippen molar-refractivity contribution in [3.8, 4) is 0 Å². The zero-order valence-electron chi connectivity index (χ0n) is 10.9. The Morgan fingerprint density at radius 1 is 1.35 bits per heavy atom. The Hall–Kier alpha value is -0.130. The van der Waals surface area contributed by atoms with Crippen LogP contribution in [0.4, 0.5) is 0 Å². The Balaban J connectivity index is 2.63. The number of piperidine rings is 1. The van der Waals surface area contributed by atoms with Crippen LogP contribution in [-0.2, 0) is 10.0 Å². The minimum absolute atomic E-state index is 0.0943. The van der Waals surface area contributed by atoms with Crippen molar-refractivity contribution in [1.29, 1.82) is 0 Å². The van der Waals surface area contributed by atoms with E-state index in [1.54, 1.807) is 4.31 Å². The second kappa shape index (κ2) is 6.71. The first-order chi connectivity index (χ1) is 8.03. The van der Waals surface area contributed by atoms with Gasteiger partial charge in [-0.1, -0.05) is 26.7 Å². The summed E-state index contributed by atoms with van der Waals surface area (Å²) in [5.74, 6) is 0.646. The van der Waals surface area contributed by atoms with Gasteiger partial charge in [0.2, 0.25) is 10.0 Å². The van der Waals surface area contributed by atoms with Crippen LogP contribution in [0, 0.1) is 11.8 Å². The zero-order valence-corrected chi connectivity index (χ0v) is 11.7. The van der Waals surface area contributed by atoms with Gasteiger partial charge in [0.1, 0.15) is 0 Å². The van der Waals surface area contributed by atoms with Crippen LogP contribution in [0.25, 0.3) is 0 Å². The number of hydrogen-bond acceptors (Lipinski definition) is 3. The van der Waals surface area contributed by atoms with E-state index >= 15 is 0 Å². The van der Waals surface area contributed by atoms with Gasteiger partial charge in [-0.2, -0.15) is 0 Å². The van der Waals surface area contributed by atoms with Crippen molar-refractivity contribution in [2.75, 3.05) is 25.4 Å². The molecule has 0 spiro atoms. The molecule has 1 fully saturated rings. The van der Waals surface area contributed by atoms with Gasteiger partial charge in [0.25, 0.3) is 0 Å². The minimum atomic E-state index is -3.13. The summed E-state index contributed by atoms with van der Waals surface area (Å²) in [6.45, 7) is 5.29. The predicted octanol–water partition coefficient (Wildman–Crippen LogP) is 1.46. The van der Waals surface area contributed by atoms with Crippen molar-refractivity contribution in [3.05, 3.63) is 0 Å². The average molecular weight is 263 g/mol. The Bertz CT molecular complexity index is 312. The van der Waals surface area contributed by atoms with Crippen molar-refractivity contribution < 1.29 is 13.5 Å². The van der Waals surface area contributed by atoms with Gasteiger partial charge >= 0.3 is 0 Å². The van der Waals surface area contributed by atoms with Crippen LogP contribution >= 0.6 is 0 Å². The summed E-state index contributed by atoms with van der Waals surface area (Å²) < 4.78 is 26.0. The fourth-order valence-corrected chi connectivity index (χ4v) is 4.48. The summed E-state index contributed by atoms with van der Waals surface area (Å²) in [7, 11) is -3.13. The minimum Gasteiger partial charge on any atom is -0.396 e. The molecule has 102 valence electrons. The first-order valence-corrected chi connectivity index (χ1v) is 8.23. The maximum atomic E-state index is 12.2. The molecule has 0 radical (unpaired) electrons. The molecule has 1 aliphatic rings. The number of aliphatic hydroxyl groups excluding tert-OH is 1. The first-order valence-electron chi connectivity index (χ1n) is 6.62. The van der Waals surface area contributed by atoms with E-state index in [-0.39, 0.29) is 24.2 Å². The smallest absolute Gasteiger partial charge is 0.214 e. The second-order valence-electron chi connectivity index (χ2n) is 5.01. The van der Waals surface area contributed by atoms with Gasteiger partial charge in [-0.15, -0.1) is 0 Å². The predicted molar refractivity (Wildman–Crippen MR) is 69.2 cm³/mol. The Labute approximate surface area is 105 Å². The maximum absolute atomic E-state index is 12.2. The van der Waals surface area contributed by atoms with E-state index in [0.717, 1.165) is 25.7 Å². The van der Waals surface area contributed by atoms with E-state index in [1.807, 2.05) is 13.8 Å². The number of nitrogens with zero attached hydrogens (tertiary/aromatic N) is 1. The molecule has 0 aromatic rings. The SMILES string of the molecule is CCC(CC)CS(=O)(=O)N1CCCC(CO)C1. The highest BCUT2D eigenvalue weighted by Crippen LogP contribution is 2.21. The summed E-state index contributed by atoms with van der Waals surface area (Å²) >= 11 is 0. The van der Waals surface area contributed by atoms with Gasteiger partial charge in [-0.05, 0) is 24.7 Å². The van der Waals surface area contributed by atoms with Crippen LogP contribution in [0.5, 0.6) is 0 Å². The molecule has 1 atom stereocenters. The molecule has 0 aromatic heterocycles. The summed E-state index contributed by atoms with van der Waals surface area (Å²) in [5.41, 5.74) is 0. The Kier molecular flexibility index (Phi) is 5.89. The molecule has 0 aromatic carbocycles. The van der Waals surface area contributed by atoms with Crippen LogP contribution in [0.3, 0.4) is 0 Å². The van der Waals surface area contributed by atoms with E-state index in [1.165, 1.54) is 0 Å². The highest BCUT2D eigenvalue weighted by Gasteiger charge is 2.29. The maximum Gasteiger partial charge on any atom is 0.214 e. The lowest BCUT2D eigenvalue weighted by atomic mass is 10.0. The third kappa shape index (κ3) is 4.23. The molecule has 1 heterocycles. The Morgan fingerprint density at radius 3 is 2.53 bits per heavy atom. The van der Waals surface area contributed by atoms with Crippen LogP contribution in [0.15, 0.2) is 0 Å². The van der Waals surface area contributed by atoms with E-state index < -0.39 is 10.0 Å². The van der Waals surface area contributed by atoms with Gasteiger partial charge in [0, 0.05) is 19.7 Å². The lowest BCUT2D eigenvalue weighted by Crippen LogP contribution is -2.43. The molecule has 1 N–H and O–H groups in total.